The van der Waals surface area contributed by atoms with Crippen molar-refractivity contribution in [2.45, 2.75) is 25.6 Å². The zero-order valence-corrected chi connectivity index (χ0v) is 9.42. The van der Waals surface area contributed by atoms with E-state index in [9.17, 15) is 5.11 Å². The zero-order chi connectivity index (χ0) is 10.6. The van der Waals surface area contributed by atoms with Crippen molar-refractivity contribution in [1.29, 1.82) is 0 Å². The Balaban J connectivity index is 2.30. The molecule has 0 bridgehead atoms. The molecule has 1 aliphatic heterocycles. The molecule has 1 atom stereocenters. The number of nitrogens with zero attached hydrogens (tertiary/aromatic N) is 1. The molecule has 1 heterocycles. The van der Waals surface area contributed by atoms with Crippen LogP contribution in [-0.4, -0.2) is 61.5 Å². The van der Waals surface area contributed by atoms with Crippen LogP contribution in [0.3, 0.4) is 0 Å². The van der Waals surface area contributed by atoms with E-state index in [0.29, 0.717) is 6.54 Å². The molecule has 14 heavy (non-hydrogen) atoms. The fourth-order valence-corrected chi connectivity index (χ4v) is 1.87. The van der Waals surface area contributed by atoms with Crippen molar-refractivity contribution in [3.63, 3.8) is 0 Å². The van der Waals surface area contributed by atoms with Gasteiger partial charge in [0.05, 0.1) is 18.3 Å². The molecule has 1 rings (SSSR count). The lowest BCUT2D eigenvalue weighted by molar-refractivity contribution is -0.0927. The van der Waals surface area contributed by atoms with E-state index in [-0.39, 0.29) is 11.7 Å². The first-order valence-corrected chi connectivity index (χ1v) is 5.22. The lowest BCUT2D eigenvalue weighted by Crippen LogP contribution is -2.51. The molecule has 0 radical (unpaired) electrons. The average Bonchev–Trinajstić information content (AvgIpc) is 2.02. The molecule has 1 unspecified atom stereocenters. The van der Waals surface area contributed by atoms with Gasteiger partial charge in [0.1, 0.15) is 0 Å². The third-order valence-corrected chi connectivity index (χ3v) is 2.41. The van der Waals surface area contributed by atoms with Gasteiger partial charge < -0.3 is 15.2 Å². The van der Waals surface area contributed by atoms with Crippen molar-refractivity contribution in [2.24, 2.45) is 0 Å². The van der Waals surface area contributed by atoms with Gasteiger partial charge in [-0.25, -0.2) is 0 Å². The Hall–Kier alpha value is -0.160. The normalized spacial score (nSPS) is 24.9. The third-order valence-electron chi connectivity index (χ3n) is 2.41. The van der Waals surface area contributed by atoms with Crippen molar-refractivity contribution in [3.8, 4) is 0 Å². The van der Waals surface area contributed by atoms with E-state index < -0.39 is 0 Å². The summed E-state index contributed by atoms with van der Waals surface area (Å²) in [5.74, 6) is 0. The van der Waals surface area contributed by atoms with Crippen molar-refractivity contribution >= 4 is 0 Å². The van der Waals surface area contributed by atoms with Gasteiger partial charge in [0.15, 0.2) is 0 Å². The standard InChI is InChI=1S/C10H22N2O2/c1-10(2)8-12(4-5-14-10)7-9(13)6-11-3/h9,11,13H,4-8H2,1-3H3. The van der Waals surface area contributed by atoms with Gasteiger partial charge in [-0.05, 0) is 20.9 Å². The van der Waals surface area contributed by atoms with Crippen LogP contribution in [0.1, 0.15) is 13.8 Å². The molecule has 1 fully saturated rings. The molecule has 1 saturated heterocycles. The number of hydrogen-bond acceptors (Lipinski definition) is 4. The third kappa shape index (κ3) is 3.92. The highest BCUT2D eigenvalue weighted by molar-refractivity contribution is 4.80. The van der Waals surface area contributed by atoms with Crippen LogP contribution in [0.5, 0.6) is 0 Å². The summed E-state index contributed by atoms with van der Waals surface area (Å²) in [6.45, 7) is 8.13. The molecule has 2 N–H and O–H groups in total. The highest BCUT2D eigenvalue weighted by Crippen LogP contribution is 2.16. The van der Waals surface area contributed by atoms with Gasteiger partial charge in [-0.1, -0.05) is 0 Å². The number of rotatable bonds is 4. The molecule has 0 amide bonds. The second-order valence-electron chi connectivity index (χ2n) is 4.55. The van der Waals surface area contributed by atoms with Crippen LogP contribution >= 0.6 is 0 Å². The topological polar surface area (TPSA) is 44.7 Å². The molecular weight excluding hydrogens is 180 g/mol. The van der Waals surface area contributed by atoms with E-state index in [1.807, 2.05) is 7.05 Å². The first-order valence-electron chi connectivity index (χ1n) is 5.22. The lowest BCUT2D eigenvalue weighted by atomic mass is 10.1. The summed E-state index contributed by atoms with van der Waals surface area (Å²) in [4.78, 5) is 2.26. The van der Waals surface area contributed by atoms with Crippen molar-refractivity contribution < 1.29 is 9.84 Å². The Bertz CT molecular complexity index is 174. The quantitative estimate of drug-likeness (QED) is 0.656. The number of likely N-dealkylation sites (N-methyl/N-ethyl adjacent to an activating group) is 1. The maximum atomic E-state index is 9.63. The van der Waals surface area contributed by atoms with Crippen molar-refractivity contribution in [2.75, 3.05) is 39.8 Å². The molecule has 1 aliphatic rings. The largest absolute Gasteiger partial charge is 0.390 e. The van der Waals surface area contributed by atoms with Crippen LogP contribution in [0.4, 0.5) is 0 Å². The van der Waals surface area contributed by atoms with E-state index in [4.69, 9.17) is 4.74 Å². The summed E-state index contributed by atoms with van der Waals surface area (Å²) in [7, 11) is 1.85. The molecule has 0 aromatic carbocycles. The highest BCUT2D eigenvalue weighted by Gasteiger charge is 2.27. The second kappa shape index (κ2) is 5.07. The number of ether oxygens (including phenoxy) is 1. The summed E-state index contributed by atoms with van der Waals surface area (Å²) in [6, 6.07) is 0. The van der Waals surface area contributed by atoms with E-state index in [1.54, 1.807) is 0 Å². The van der Waals surface area contributed by atoms with Crippen LogP contribution in [0.2, 0.25) is 0 Å². The lowest BCUT2D eigenvalue weighted by Gasteiger charge is -2.38. The number of morpholine rings is 1. The minimum atomic E-state index is -0.283. The van der Waals surface area contributed by atoms with Crippen molar-refractivity contribution in [3.05, 3.63) is 0 Å². The molecule has 4 heteroatoms. The molecule has 84 valence electrons. The average molecular weight is 202 g/mol. The van der Waals surface area contributed by atoms with Crippen LogP contribution in [-0.2, 0) is 4.74 Å². The van der Waals surface area contributed by atoms with Gasteiger partial charge >= 0.3 is 0 Å². The van der Waals surface area contributed by atoms with E-state index in [2.05, 4.69) is 24.1 Å². The second-order valence-corrected chi connectivity index (χ2v) is 4.55. The van der Waals surface area contributed by atoms with Crippen LogP contribution in [0.15, 0.2) is 0 Å². The Morgan fingerprint density at radius 2 is 2.29 bits per heavy atom. The number of aliphatic hydroxyl groups is 1. The van der Waals surface area contributed by atoms with Gasteiger partial charge in [-0.3, -0.25) is 4.90 Å². The SMILES string of the molecule is CNCC(O)CN1CCOC(C)(C)C1. The maximum Gasteiger partial charge on any atom is 0.0791 e. The minimum Gasteiger partial charge on any atom is -0.390 e. The van der Waals surface area contributed by atoms with Crippen LogP contribution in [0.25, 0.3) is 0 Å². The van der Waals surface area contributed by atoms with E-state index >= 15 is 0 Å². The smallest absolute Gasteiger partial charge is 0.0791 e. The fraction of sp³-hybridized carbons (Fsp3) is 1.00. The zero-order valence-electron chi connectivity index (χ0n) is 9.42. The number of β-amino-alcohol motifs (C(OH)–C–C–N with tert-alkyl or cyclic N) is 1. The van der Waals surface area contributed by atoms with Crippen LogP contribution < -0.4 is 5.32 Å². The fourth-order valence-electron chi connectivity index (χ4n) is 1.87. The predicted octanol–water partition coefficient (Wildman–Crippen LogP) is -0.323. The molecule has 0 aromatic heterocycles. The summed E-state index contributed by atoms with van der Waals surface area (Å²) in [5.41, 5.74) is -0.0718. The first-order chi connectivity index (χ1) is 6.53. The molecular formula is C10H22N2O2. The molecule has 0 saturated carbocycles. The number of hydrogen-bond donors (Lipinski definition) is 2. The number of aliphatic hydroxyl groups excluding tert-OH is 1. The monoisotopic (exact) mass is 202 g/mol. The predicted molar refractivity (Wildman–Crippen MR) is 56.4 cm³/mol. The van der Waals surface area contributed by atoms with Gasteiger partial charge in [0.2, 0.25) is 0 Å². The van der Waals surface area contributed by atoms with Crippen LogP contribution in [0, 0.1) is 0 Å². The Kier molecular flexibility index (Phi) is 4.31. The summed E-state index contributed by atoms with van der Waals surface area (Å²) < 4.78 is 5.60. The van der Waals surface area contributed by atoms with Gasteiger partial charge in [-0.15, -0.1) is 0 Å². The molecule has 0 spiro atoms. The summed E-state index contributed by atoms with van der Waals surface area (Å²) in [5, 5.41) is 12.6. The van der Waals surface area contributed by atoms with Crippen molar-refractivity contribution in [1.82, 2.24) is 10.2 Å². The minimum absolute atomic E-state index is 0.0718. The van der Waals surface area contributed by atoms with E-state index in [0.717, 1.165) is 26.2 Å². The molecule has 4 nitrogen and oxygen atoms in total. The Labute approximate surface area is 86.2 Å². The first kappa shape index (κ1) is 11.9. The van der Waals surface area contributed by atoms with Gasteiger partial charge in [-0.2, -0.15) is 0 Å². The summed E-state index contributed by atoms with van der Waals surface area (Å²) in [6.07, 6.45) is -0.283. The summed E-state index contributed by atoms with van der Waals surface area (Å²) >= 11 is 0. The Morgan fingerprint density at radius 1 is 1.57 bits per heavy atom. The number of nitrogens with one attached hydrogen (secondary N) is 1. The Morgan fingerprint density at radius 3 is 2.86 bits per heavy atom. The maximum absolute atomic E-state index is 9.63. The molecule has 0 aliphatic carbocycles. The van der Waals surface area contributed by atoms with Gasteiger partial charge in [0.25, 0.3) is 0 Å². The molecule has 0 aromatic rings. The highest BCUT2D eigenvalue weighted by atomic mass is 16.5. The van der Waals surface area contributed by atoms with E-state index in [1.165, 1.54) is 0 Å². The van der Waals surface area contributed by atoms with Gasteiger partial charge in [0, 0.05) is 26.2 Å².